The number of phenols is 4. The molecule has 276 valence electrons. The molecule has 0 saturated carbocycles. The number of hydrazine groups is 4. The quantitative estimate of drug-likeness (QED) is 0.0431. The number of phenolic OH excluding ortho intramolecular Hbond substituents is 4. The Morgan fingerprint density at radius 2 is 0.774 bits per heavy atom. The van der Waals surface area contributed by atoms with Gasteiger partial charge in [-0.2, -0.15) is 15.4 Å². The lowest BCUT2D eigenvalue weighted by molar-refractivity contribution is -0.422. The molecule has 0 heterocycles. The maximum absolute atomic E-state index is 12.0. The van der Waals surface area contributed by atoms with Crippen molar-refractivity contribution < 1.29 is 30.3 Å². The molecule has 0 spiro atoms. The van der Waals surface area contributed by atoms with Gasteiger partial charge in [-0.25, -0.2) is 0 Å². The highest BCUT2D eigenvalue weighted by atomic mass is 16.6. The molecule has 5 aromatic carbocycles. The van der Waals surface area contributed by atoms with Crippen molar-refractivity contribution in [2.75, 3.05) is 26.2 Å². The molecule has 15 nitrogen and oxygen atoms in total. The van der Waals surface area contributed by atoms with Crippen molar-refractivity contribution in [1.29, 1.82) is 0 Å². The number of aromatic hydroxyl groups is 4. The number of nitro groups is 2. The second-order valence-electron chi connectivity index (χ2n) is 13.1. The molecule has 0 radical (unpaired) electrons. The van der Waals surface area contributed by atoms with Crippen LogP contribution in [-0.2, 0) is 0 Å². The fourth-order valence-electron chi connectivity index (χ4n) is 6.08. The SMILES string of the molecule is Cc1cc(NN(c2cc(C)c(O)c(C)c2)N(c2cc(C)c(O)c(C)c2)N(Nc2ccc([N+](=O)[O-])c([N+](=O)[O-])c2)c2cc(C)c(O)c(C)c2)cc(C)c1O. The summed E-state index contributed by atoms with van der Waals surface area (Å²) in [5.41, 5.74) is 11.5. The Bertz CT molecular complexity index is 2180. The van der Waals surface area contributed by atoms with E-state index in [9.17, 15) is 40.7 Å². The van der Waals surface area contributed by atoms with E-state index in [1.807, 2.05) is 0 Å². The smallest absolute Gasteiger partial charge is 0.348 e. The monoisotopic (exact) mass is 723 g/mol. The van der Waals surface area contributed by atoms with Gasteiger partial charge in [0.15, 0.2) is 0 Å². The molecule has 0 aliphatic heterocycles. The van der Waals surface area contributed by atoms with Crippen LogP contribution in [0.5, 0.6) is 23.0 Å². The predicted molar refractivity (Wildman–Crippen MR) is 205 cm³/mol. The molecular formula is C38H41N7O8. The molecule has 6 N–H and O–H groups in total. The average molecular weight is 724 g/mol. The molecule has 0 atom stereocenters. The second kappa shape index (κ2) is 14.4. The average Bonchev–Trinajstić information content (AvgIpc) is 3.09. The number of anilines is 5. The van der Waals surface area contributed by atoms with Crippen LogP contribution < -0.4 is 26.2 Å². The first-order valence-corrected chi connectivity index (χ1v) is 16.4. The third-order valence-corrected chi connectivity index (χ3v) is 8.86. The summed E-state index contributed by atoms with van der Waals surface area (Å²) in [5, 5.41) is 71.6. The van der Waals surface area contributed by atoms with Crippen LogP contribution in [0, 0.1) is 75.6 Å². The van der Waals surface area contributed by atoms with Crippen LogP contribution in [0.3, 0.4) is 0 Å². The van der Waals surface area contributed by atoms with Gasteiger partial charge in [0.25, 0.3) is 0 Å². The van der Waals surface area contributed by atoms with Crippen molar-refractivity contribution in [3.8, 4) is 23.0 Å². The summed E-state index contributed by atoms with van der Waals surface area (Å²) >= 11 is 0. The van der Waals surface area contributed by atoms with E-state index in [2.05, 4.69) is 10.9 Å². The highest BCUT2D eigenvalue weighted by Gasteiger charge is 2.31. The first-order valence-electron chi connectivity index (χ1n) is 16.4. The van der Waals surface area contributed by atoms with Gasteiger partial charge in [-0.3, -0.25) is 31.1 Å². The Hall–Kier alpha value is -6.90. The standard InChI is InChI=1S/C38H41N7O8/c1-20-11-29(12-21(2)35(20)46)40-42(31-15-24(5)37(48)25(6)16-31)43(32-17-26(7)38(49)27(8)18-32)41(30-13-22(3)36(47)23(4)14-30)39-28-9-10-33(44(50)51)34(19-28)45(52)53/h9-19,39-40,46-49H,1-8H3. The Balaban J connectivity index is 1.88. The van der Waals surface area contributed by atoms with Gasteiger partial charge in [0.05, 0.1) is 38.3 Å². The van der Waals surface area contributed by atoms with Gasteiger partial charge in [-0.1, -0.05) is 0 Å². The lowest BCUT2D eigenvalue weighted by Gasteiger charge is -2.45. The molecule has 15 heteroatoms. The van der Waals surface area contributed by atoms with Crippen LogP contribution in [0.25, 0.3) is 0 Å². The van der Waals surface area contributed by atoms with Crippen LogP contribution in [0.4, 0.5) is 39.8 Å². The van der Waals surface area contributed by atoms with Gasteiger partial charge >= 0.3 is 11.4 Å². The van der Waals surface area contributed by atoms with Crippen molar-refractivity contribution >= 4 is 39.8 Å². The van der Waals surface area contributed by atoms with Crippen LogP contribution in [0.1, 0.15) is 44.5 Å². The number of hydrogen-bond donors (Lipinski definition) is 6. The van der Waals surface area contributed by atoms with Gasteiger partial charge < -0.3 is 20.4 Å². The minimum atomic E-state index is -0.835. The Morgan fingerprint density at radius 3 is 1.13 bits per heavy atom. The van der Waals surface area contributed by atoms with E-state index in [0.717, 1.165) is 12.1 Å². The van der Waals surface area contributed by atoms with E-state index in [4.69, 9.17) is 0 Å². The molecule has 0 aromatic heterocycles. The minimum Gasteiger partial charge on any atom is -0.507 e. The van der Waals surface area contributed by atoms with E-state index in [0.29, 0.717) is 67.3 Å². The van der Waals surface area contributed by atoms with Crippen molar-refractivity contribution in [2.24, 2.45) is 0 Å². The van der Waals surface area contributed by atoms with E-state index < -0.39 is 21.2 Å². The second-order valence-corrected chi connectivity index (χ2v) is 13.1. The predicted octanol–water partition coefficient (Wildman–Crippen LogP) is 8.50. The third kappa shape index (κ3) is 7.44. The molecule has 53 heavy (non-hydrogen) atoms. The lowest BCUT2D eigenvalue weighted by Crippen LogP contribution is -2.59. The summed E-state index contributed by atoms with van der Waals surface area (Å²) in [4.78, 5) is 22.1. The molecule has 0 bridgehead atoms. The number of nitro benzene ring substituents is 2. The fraction of sp³-hybridized carbons (Fsp3) is 0.211. The van der Waals surface area contributed by atoms with Crippen LogP contribution in [-0.4, -0.2) is 30.3 Å². The largest absolute Gasteiger partial charge is 0.507 e. The number of rotatable bonds is 11. The highest BCUT2D eigenvalue weighted by molar-refractivity contribution is 5.75. The van der Waals surface area contributed by atoms with Crippen molar-refractivity contribution in [1.82, 2.24) is 0 Å². The van der Waals surface area contributed by atoms with Crippen LogP contribution in [0.15, 0.2) is 66.7 Å². The molecule has 0 unspecified atom stereocenters. The van der Waals surface area contributed by atoms with Crippen molar-refractivity contribution in [3.05, 3.63) is 131 Å². The first-order chi connectivity index (χ1) is 24.9. The molecule has 5 rings (SSSR count). The van der Waals surface area contributed by atoms with Gasteiger partial charge in [-0.15, -0.1) is 0 Å². The molecule has 0 aliphatic carbocycles. The lowest BCUT2D eigenvalue weighted by atomic mass is 10.1. The number of hydrogen-bond acceptors (Lipinski definition) is 13. The fourth-order valence-corrected chi connectivity index (χ4v) is 6.08. The normalized spacial score (nSPS) is 10.9. The number of aryl methyl sites for hydroxylation is 8. The third-order valence-electron chi connectivity index (χ3n) is 8.86. The molecular weight excluding hydrogens is 682 g/mol. The molecule has 5 aromatic rings. The van der Waals surface area contributed by atoms with Gasteiger partial charge in [0.2, 0.25) is 0 Å². The van der Waals surface area contributed by atoms with E-state index in [-0.39, 0.29) is 28.7 Å². The Morgan fingerprint density at radius 1 is 0.453 bits per heavy atom. The molecule has 0 fully saturated rings. The van der Waals surface area contributed by atoms with Crippen LogP contribution in [0.2, 0.25) is 0 Å². The zero-order valence-corrected chi connectivity index (χ0v) is 30.5. The molecule has 0 amide bonds. The Kier molecular flexibility index (Phi) is 10.1. The summed E-state index contributed by atoms with van der Waals surface area (Å²) in [6.45, 7) is 13.9. The summed E-state index contributed by atoms with van der Waals surface area (Å²) < 4.78 is 0. The topological polar surface area (TPSA) is 201 Å². The van der Waals surface area contributed by atoms with Crippen LogP contribution >= 0.6 is 0 Å². The first kappa shape index (κ1) is 37.4. The Labute approximate surface area is 305 Å². The highest BCUT2D eigenvalue weighted by Crippen LogP contribution is 2.39. The summed E-state index contributed by atoms with van der Waals surface area (Å²) in [6, 6.07) is 17.2. The van der Waals surface area contributed by atoms with Crippen molar-refractivity contribution in [2.45, 2.75) is 55.4 Å². The molecule has 0 saturated heterocycles. The maximum Gasteiger partial charge on any atom is 0.348 e. The number of benzene rings is 5. The summed E-state index contributed by atoms with van der Waals surface area (Å²) in [5.74, 6) is 0.331. The minimum absolute atomic E-state index is 0.0531. The van der Waals surface area contributed by atoms with E-state index in [1.165, 1.54) is 11.2 Å². The number of nitrogens with zero attached hydrogens (tertiary/aromatic N) is 5. The van der Waals surface area contributed by atoms with E-state index in [1.54, 1.807) is 114 Å². The van der Waals surface area contributed by atoms with Gasteiger partial charge in [-0.05, 0) is 154 Å². The van der Waals surface area contributed by atoms with Gasteiger partial charge in [0.1, 0.15) is 23.0 Å². The van der Waals surface area contributed by atoms with Crippen molar-refractivity contribution in [3.63, 3.8) is 0 Å². The zero-order valence-electron chi connectivity index (χ0n) is 30.5. The summed E-state index contributed by atoms with van der Waals surface area (Å²) in [7, 11) is 0. The summed E-state index contributed by atoms with van der Waals surface area (Å²) in [6.07, 6.45) is 0. The molecule has 0 aliphatic rings. The number of nitrogens with one attached hydrogen (secondary N) is 2. The maximum atomic E-state index is 12.0. The zero-order chi connectivity index (χ0) is 39.0. The van der Waals surface area contributed by atoms with E-state index >= 15 is 0 Å². The van der Waals surface area contributed by atoms with Gasteiger partial charge in [0, 0.05) is 12.1 Å².